The van der Waals surface area contributed by atoms with Gasteiger partial charge in [0.15, 0.2) is 0 Å². The first-order valence-corrected chi connectivity index (χ1v) is 9.95. The monoisotopic (exact) mass is 363 g/mol. The second-order valence-electron chi connectivity index (χ2n) is 7.67. The molecule has 0 spiro atoms. The van der Waals surface area contributed by atoms with Crippen molar-refractivity contribution in [3.8, 4) is 0 Å². The number of aliphatic imine (C=N–C) groups is 1. The van der Waals surface area contributed by atoms with Crippen molar-refractivity contribution in [3.05, 3.63) is 76.5 Å². The summed E-state index contributed by atoms with van der Waals surface area (Å²) >= 11 is 0. The van der Waals surface area contributed by atoms with Crippen LogP contribution in [0.25, 0.3) is 5.57 Å². The van der Waals surface area contributed by atoms with Crippen LogP contribution < -0.4 is 0 Å². The molecule has 0 unspecified atom stereocenters. The molecule has 0 fully saturated rings. The minimum Gasteiger partial charge on any atom is -0.261 e. The molecule has 146 valence electrons. The highest BCUT2D eigenvalue weighted by Crippen LogP contribution is 2.40. The molecule has 1 aromatic carbocycles. The zero-order valence-corrected chi connectivity index (χ0v) is 18.7. The van der Waals surface area contributed by atoms with E-state index < -0.39 is 0 Å². The third-order valence-electron chi connectivity index (χ3n) is 5.85. The van der Waals surface area contributed by atoms with Gasteiger partial charge in [0.1, 0.15) is 0 Å². The Hall–Kier alpha value is -2.15. The smallest absolute Gasteiger partial charge is 0.0660 e. The Morgan fingerprint density at radius 2 is 1.67 bits per heavy atom. The van der Waals surface area contributed by atoms with E-state index in [4.69, 9.17) is 0 Å². The standard InChI is InChI=1S/C26H37N/c1-11-26(12-2,19(6)7)24-15-14-23(16-21(24)9)20(8)17-25(27-13-3)22(10)18(4)5/h13-17H,6,8,11-12H2,1-5,7,9-10H3/b25-17+,27-13?. The summed E-state index contributed by atoms with van der Waals surface area (Å²) in [5.74, 6) is 0. The molecule has 0 saturated carbocycles. The Bertz CT molecular complexity index is 791. The molecule has 1 nitrogen and oxygen atoms in total. The molecule has 0 aliphatic heterocycles. The van der Waals surface area contributed by atoms with Crippen molar-refractivity contribution in [2.45, 2.75) is 73.6 Å². The molecule has 0 radical (unpaired) electrons. The summed E-state index contributed by atoms with van der Waals surface area (Å²) in [5.41, 5.74) is 9.54. The third kappa shape index (κ3) is 4.97. The molecule has 1 aromatic rings. The van der Waals surface area contributed by atoms with Crippen molar-refractivity contribution < 1.29 is 0 Å². The molecule has 0 aromatic heterocycles. The number of hydrogen-bond donors (Lipinski definition) is 0. The van der Waals surface area contributed by atoms with E-state index in [1.54, 1.807) is 0 Å². The highest BCUT2D eigenvalue weighted by atomic mass is 14.7. The van der Waals surface area contributed by atoms with Gasteiger partial charge in [-0.25, -0.2) is 0 Å². The minimum atomic E-state index is 0.0517. The van der Waals surface area contributed by atoms with Crippen LogP contribution in [0.4, 0.5) is 0 Å². The summed E-state index contributed by atoms with van der Waals surface area (Å²) in [4.78, 5) is 4.55. The van der Waals surface area contributed by atoms with Crippen LogP contribution in [-0.2, 0) is 5.41 Å². The number of allylic oxidation sites excluding steroid dienone is 5. The average Bonchev–Trinajstić information content (AvgIpc) is 2.62. The Morgan fingerprint density at radius 1 is 1.07 bits per heavy atom. The van der Waals surface area contributed by atoms with E-state index in [1.807, 2.05) is 13.1 Å². The first-order chi connectivity index (χ1) is 12.6. The Kier molecular flexibility index (Phi) is 8.21. The molecule has 0 aliphatic carbocycles. The maximum Gasteiger partial charge on any atom is 0.0660 e. The van der Waals surface area contributed by atoms with E-state index in [2.05, 4.69) is 90.9 Å². The van der Waals surface area contributed by atoms with Crippen LogP contribution >= 0.6 is 0 Å². The largest absolute Gasteiger partial charge is 0.261 e. The van der Waals surface area contributed by atoms with Gasteiger partial charge >= 0.3 is 0 Å². The molecule has 0 bridgehead atoms. The molecular formula is C26H37N. The lowest BCUT2D eigenvalue weighted by Gasteiger charge is -2.35. The fourth-order valence-electron chi connectivity index (χ4n) is 3.75. The number of hydrogen-bond acceptors (Lipinski definition) is 1. The fraction of sp³-hybridized carbons (Fsp3) is 0.423. The highest BCUT2D eigenvalue weighted by molar-refractivity contribution is 5.75. The van der Waals surface area contributed by atoms with Crippen LogP contribution in [0, 0.1) is 6.92 Å². The zero-order chi connectivity index (χ0) is 20.8. The van der Waals surface area contributed by atoms with Crippen LogP contribution in [0.1, 0.15) is 78.0 Å². The molecule has 27 heavy (non-hydrogen) atoms. The van der Waals surface area contributed by atoms with E-state index >= 15 is 0 Å². The van der Waals surface area contributed by atoms with Gasteiger partial charge in [-0.2, -0.15) is 0 Å². The van der Waals surface area contributed by atoms with Gasteiger partial charge in [-0.3, -0.25) is 4.99 Å². The molecule has 0 saturated heterocycles. The van der Waals surface area contributed by atoms with E-state index in [1.165, 1.54) is 27.8 Å². The van der Waals surface area contributed by atoms with Gasteiger partial charge in [-0.05, 0) is 88.3 Å². The van der Waals surface area contributed by atoms with Crippen molar-refractivity contribution in [2.75, 3.05) is 0 Å². The quantitative estimate of drug-likeness (QED) is 0.252. The normalized spacial score (nSPS) is 12.4. The van der Waals surface area contributed by atoms with Crippen LogP contribution in [0.3, 0.4) is 0 Å². The van der Waals surface area contributed by atoms with Gasteiger partial charge in [0.25, 0.3) is 0 Å². The van der Waals surface area contributed by atoms with Crippen molar-refractivity contribution in [1.29, 1.82) is 0 Å². The fourth-order valence-corrected chi connectivity index (χ4v) is 3.75. The van der Waals surface area contributed by atoms with Gasteiger partial charge < -0.3 is 0 Å². The van der Waals surface area contributed by atoms with Gasteiger partial charge in [-0.1, -0.05) is 56.4 Å². The molecule has 0 aliphatic rings. The maximum atomic E-state index is 4.55. The average molecular weight is 364 g/mol. The third-order valence-corrected chi connectivity index (χ3v) is 5.85. The summed E-state index contributed by atoms with van der Waals surface area (Å²) in [6, 6.07) is 6.71. The van der Waals surface area contributed by atoms with Gasteiger partial charge in [0.2, 0.25) is 0 Å². The second-order valence-corrected chi connectivity index (χ2v) is 7.67. The lowest BCUT2D eigenvalue weighted by atomic mass is 9.69. The summed E-state index contributed by atoms with van der Waals surface area (Å²) in [6.45, 7) is 25.7. The molecular weight excluding hydrogens is 326 g/mol. The predicted molar refractivity (Wildman–Crippen MR) is 124 cm³/mol. The molecule has 0 heterocycles. The second kappa shape index (κ2) is 9.69. The summed E-state index contributed by atoms with van der Waals surface area (Å²) in [5, 5.41) is 0. The molecule has 0 N–H and O–H groups in total. The summed E-state index contributed by atoms with van der Waals surface area (Å²) in [7, 11) is 0. The van der Waals surface area contributed by atoms with Crippen molar-refractivity contribution >= 4 is 11.8 Å². The molecule has 1 heteroatoms. The Morgan fingerprint density at radius 3 is 2.07 bits per heavy atom. The number of nitrogens with zero attached hydrogens (tertiary/aromatic N) is 1. The predicted octanol–water partition coefficient (Wildman–Crippen LogP) is 7.97. The first kappa shape index (κ1) is 22.9. The van der Waals surface area contributed by atoms with Crippen molar-refractivity contribution in [2.24, 2.45) is 4.99 Å². The van der Waals surface area contributed by atoms with Crippen molar-refractivity contribution in [1.82, 2.24) is 0 Å². The summed E-state index contributed by atoms with van der Waals surface area (Å²) in [6.07, 6.45) is 6.05. The van der Waals surface area contributed by atoms with Gasteiger partial charge in [0.05, 0.1) is 5.70 Å². The van der Waals surface area contributed by atoms with Crippen molar-refractivity contribution in [3.63, 3.8) is 0 Å². The first-order valence-electron chi connectivity index (χ1n) is 9.95. The van der Waals surface area contributed by atoms with E-state index in [0.717, 1.165) is 29.7 Å². The highest BCUT2D eigenvalue weighted by Gasteiger charge is 2.30. The zero-order valence-electron chi connectivity index (χ0n) is 18.7. The van der Waals surface area contributed by atoms with Crippen LogP contribution in [0.5, 0.6) is 0 Å². The number of rotatable bonds is 8. The summed E-state index contributed by atoms with van der Waals surface area (Å²) < 4.78 is 0. The SMILES string of the molecule is C=C(/C=C(/N=CC)C(C)=C(C)C)c1ccc(C(CC)(CC)C(=C)C)c(C)c1. The van der Waals surface area contributed by atoms with Crippen LogP contribution in [-0.4, -0.2) is 6.21 Å². The lowest BCUT2D eigenvalue weighted by Crippen LogP contribution is -2.26. The maximum absolute atomic E-state index is 4.55. The number of benzene rings is 1. The van der Waals surface area contributed by atoms with E-state index in [9.17, 15) is 0 Å². The Balaban J connectivity index is 3.41. The minimum absolute atomic E-state index is 0.0517. The lowest BCUT2D eigenvalue weighted by molar-refractivity contribution is 0.466. The Labute approximate surface area is 167 Å². The topological polar surface area (TPSA) is 12.4 Å². The van der Waals surface area contributed by atoms with Gasteiger partial charge in [-0.15, -0.1) is 0 Å². The molecule has 0 atom stereocenters. The van der Waals surface area contributed by atoms with Gasteiger partial charge in [0, 0.05) is 11.6 Å². The molecule has 1 rings (SSSR count). The van der Waals surface area contributed by atoms with Crippen LogP contribution in [0.15, 0.2) is 64.8 Å². The van der Waals surface area contributed by atoms with E-state index in [0.29, 0.717) is 0 Å². The molecule has 0 amide bonds. The number of aryl methyl sites for hydroxylation is 1. The van der Waals surface area contributed by atoms with E-state index in [-0.39, 0.29) is 5.41 Å². The van der Waals surface area contributed by atoms with Crippen LogP contribution in [0.2, 0.25) is 0 Å².